The first-order valence-electron chi connectivity index (χ1n) is 5.58. The second-order valence-corrected chi connectivity index (χ2v) is 3.83. The van der Waals surface area contributed by atoms with Gasteiger partial charge in [-0.25, -0.2) is 4.39 Å². The van der Waals surface area contributed by atoms with Gasteiger partial charge in [0.1, 0.15) is 6.17 Å². The zero-order valence-corrected chi connectivity index (χ0v) is 9.06. The molecule has 0 aromatic rings. The van der Waals surface area contributed by atoms with Crippen molar-refractivity contribution >= 4 is 0 Å². The van der Waals surface area contributed by atoms with Gasteiger partial charge in [0, 0.05) is 0 Å². The zero-order valence-electron chi connectivity index (χ0n) is 9.06. The molecule has 0 spiro atoms. The van der Waals surface area contributed by atoms with E-state index in [9.17, 15) is 4.39 Å². The van der Waals surface area contributed by atoms with Gasteiger partial charge in [0.15, 0.2) is 0 Å². The van der Waals surface area contributed by atoms with Gasteiger partial charge in [-0.3, -0.25) is 0 Å². The quantitative estimate of drug-likeness (QED) is 0.623. The summed E-state index contributed by atoms with van der Waals surface area (Å²) in [7, 11) is 0. The van der Waals surface area contributed by atoms with Crippen molar-refractivity contribution in [3.8, 4) is 0 Å². The number of alkyl halides is 1. The Hall–Kier alpha value is -0.110. The summed E-state index contributed by atoms with van der Waals surface area (Å²) in [6.07, 6.45) is 5.30. The van der Waals surface area contributed by atoms with Crippen LogP contribution in [0.1, 0.15) is 52.4 Å². The van der Waals surface area contributed by atoms with Gasteiger partial charge >= 0.3 is 0 Å². The minimum Gasteiger partial charge on any atom is -0.330 e. The summed E-state index contributed by atoms with van der Waals surface area (Å²) in [5, 5.41) is 0. The molecule has 0 saturated carbocycles. The van der Waals surface area contributed by atoms with Gasteiger partial charge in [0.2, 0.25) is 0 Å². The molecular formula is C11H24FN. The lowest BCUT2D eigenvalue weighted by Crippen LogP contribution is -2.13. The Morgan fingerprint density at radius 2 is 1.92 bits per heavy atom. The molecule has 2 heteroatoms. The number of rotatable bonds is 8. The Morgan fingerprint density at radius 3 is 2.38 bits per heavy atom. The van der Waals surface area contributed by atoms with E-state index in [1.807, 2.05) is 0 Å². The highest BCUT2D eigenvalue weighted by Gasteiger charge is 2.13. The van der Waals surface area contributed by atoms with Crippen LogP contribution in [0.25, 0.3) is 0 Å². The number of halogens is 1. The van der Waals surface area contributed by atoms with Crippen molar-refractivity contribution in [1.82, 2.24) is 0 Å². The molecule has 0 aromatic carbocycles. The summed E-state index contributed by atoms with van der Waals surface area (Å²) in [4.78, 5) is 0. The van der Waals surface area contributed by atoms with Crippen LogP contribution in [0, 0.1) is 5.92 Å². The molecule has 2 atom stereocenters. The summed E-state index contributed by atoms with van der Waals surface area (Å²) in [5.74, 6) is 0.571. The van der Waals surface area contributed by atoms with E-state index in [1.165, 1.54) is 19.3 Å². The van der Waals surface area contributed by atoms with E-state index in [4.69, 9.17) is 5.73 Å². The maximum Gasteiger partial charge on any atom is 0.102 e. The lowest BCUT2D eigenvalue weighted by molar-refractivity contribution is 0.243. The normalized spacial score (nSPS) is 15.7. The van der Waals surface area contributed by atoms with Crippen molar-refractivity contribution in [2.45, 2.75) is 58.5 Å². The molecule has 0 rings (SSSR count). The lowest BCUT2D eigenvalue weighted by atomic mass is 9.93. The van der Waals surface area contributed by atoms with Gasteiger partial charge in [-0.15, -0.1) is 0 Å². The Labute approximate surface area is 81.9 Å². The topological polar surface area (TPSA) is 26.0 Å². The third-order valence-electron chi connectivity index (χ3n) is 2.61. The zero-order chi connectivity index (χ0) is 10.1. The van der Waals surface area contributed by atoms with E-state index >= 15 is 0 Å². The second-order valence-electron chi connectivity index (χ2n) is 3.83. The van der Waals surface area contributed by atoms with E-state index in [0.29, 0.717) is 25.3 Å². The van der Waals surface area contributed by atoms with Gasteiger partial charge in [-0.1, -0.05) is 39.5 Å². The van der Waals surface area contributed by atoms with E-state index in [-0.39, 0.29) is 0 Å². The summed E-state index contributed by atoms with van der Waals surface area (Å²) >= 11 is 0. The van der Waals surface area contributed by atoms with E-state index < -0.39 is 6.17 Å². The fourth-order valence-corrected chi connectivity index (χ4v) is 1.64. The van der Waals surface area contributed by atoms with Crippen LogP contribution in [0.4, 0.5) is 4.39 Å². The first-order valence-corrected chi connectivity index (χ1v) is 5.58. The van der Waals surface area contributed by atoms with Crippen molar-refractivity contribution in [2.75, 3.05) is 6.54 Å². The highest BCUT2D eigenvalue weighted by molar-refractivity contribution is 4.65. The fraction of sp³-hybridized carbons (Fsp3) is 1.00. The highest BCUT2D eigenvalue weighted by atomic mass is 19.1. The SMILES string of the molecule is CCCCC(CC)CC(F)CCN. The van der Waals surface area contributed by atoms with Gasteiger partial charge < -0.3 is 5.73 Å². The van der Waals surface area contributed by atoms with Crippen LogP contribution in [0.15, 0.2) is 0 Å². The van der Waals surface area contributed by atoms with Gasteiger partial charge in [-0.2, -0.15) is 0 Å². The molecule has 1 nitrogen and oxygen atoms in total. The molecule has 0 fully saturated rings. The van der Waals surface area contributed by atoms with Crippen molar-refractivity contribution in [3.05, 3.63) is 0 Å². The summed E-state index contributed by atoms with van der Waals surface area (Å²) in [6.45, 7) is 4.81. The van der Waals surface area contributed by atoms with Gasteiger partial charge in [-0.05, 0) is 25.3 Å². The average Bonchev–Trinajstić information content (AvgIpc) is 2.12. The molecule has 0 aliphatic heterocycles. The molecule has 2 N–H and O–H groups in total. The van der Waals surface area contributed by atoms with Crippen molar-refractivity contribution in [2.24, 2.45) is 11.7 Å². The van der Waals surface area contributed by atoms with Crippen LogP contribution < -0.4 is 5.73 Å². The number of hydrogen-bond acceptors (Lipinski definition) is 1. The van der Waals surface area contributed by atoms with Gasteiger partial charge in [0.25, 0.3) is 0 Å². The standard InChI is InChI=1S/C11H24FN/c1-3-5-6-10(4-2)9-11(12)7-8-13/h10-11H,3-9,13H2,1-2H3. The smallest absolute Gasteiger partial charge is 0.102 e. The van der Waals surface area contributed by atoms with Crippen molar-refractivity contribution < 1.29 is 4.39 Å². The number of hydrogen-bond donors (Lipinski definition) is 1. The molecule has 0 aromatic heterocycles. The maximum atomic E-state index is 13.2. The highest BCUT2D eigenvalue weighted by Crippen LogP contribution is 2.20. The molecule has 0 saturated heterocycles. The Morgan fingerprint density at radius 1 is 1.23 bits per heavy atom. The third kappa shape index (κ3) is 7.00. The minimum atomic E-state index is -0.674. The van der Waals surface area contributed by atoms with Crippen LogP contribution in [-0.2, 0) is 0 Å². The Kier molecular flexibility index (Phi) is 8.41. The first kappa shape index (κ1) is 12.9. The monoisotopic (exact) mass is 189 g/mol. The molecule has 0 bridgehead atoms. The minimum absolute atomic E-state index is 0.478. The molecule has 80 valence electrons. The molecule has 0 heterocycles. The fourth-order valence-electron chi connectivity index (χ4n) is 1.64. The lowest BCUT2D eigenvalue weighted by Gasteiger charge is -2.16. The Bertz CT molecular complexity index is 106. The molecular weight excluding hydrogens is 165 g/mol. The molecule has 0 aliphatic rings. The van der Waals surface area contributed by atoms with E-state index in [2.05, 4.69) is 13.8 Å². The maximum absolute atomic E-state index is 13.2. The van der Waals surface area contributed by atoms with E-state index in [1.54, 1.807) is 0 Å². The number of nitrogens with two attached hydrogens (primary N) is 1. The summed E-state index contributed by atoms with van der Waals surface area (Å²) < 4.78 is 13.2. The predicted octanol–water partition coefficient (Wildman–Crippen LogP) is 3.28. The van der Waals surface area contributed by atoms with Crippen molar-refractivity contribution in [1.29, 1.82) is 0 Å². The second kappa shape index (κ2) is 8.49. The summed E-state index contributed by atoms with van der Waals surface area (Å²) in [5.41, 5.74) is 5.31. The van der Waals surface area contributed by atoms with E-state index in [0.717, 1.165) is 6.42 Å². The third-order valence-corrected chi connectivity index (χ3v) is 2.61. The molecule has 0 aliphatic carbocycles. The molecule has 13 heavy (non-hydrogen) atoms. The Balaban J connectivity index is 3.56. The van der Waals surface area contributed by atoms with Crippen LogP contribution >= 0.6 is 0 Å². The first-order chi connectivity index (χ1) is 6.24. The van der Waals surface area contributed by atoms with Crippen LogP contribution in [0.5, 0.6) is 0 Å². The number of unbranched alkanes of at least 4 members (excludes halogenated alkanes) is 1. The molecule has 0 radical (unpaired) electrons. The summed E-state index contributed by atoms with van der Waals surface area (Å²) in [6, 6.07) is 0. The molecule has 2 unspecified atom stereocenters. The van der Waals surface area contributed by atoms with Gasteiger partial charge in [0.05, 0.1) is 0 Å². The average molecular weight is 189 g/mol. The van der Waals surface area contributed by atoms with Crippen LogP contribution in [-0.4, -0.2) is 12.7 Å². The van der Waals surface area contributed by atoms with Crippen LogP contribution in [0.2, 0.25) is 0 Å². The molecule has 0 amide bonds. The predicted molar refractivity (Wildman–Crippen MR) is 56.5 cm³/mol. The largest absolute Gasteiger partial charge is 0.330 e. The van der Waals surface area contributed by atoms with Crippen LogP contribution in [0.3, 0.4) is 0 Å². The van der Waals surface area contributed by atoms with Crippen molar-refractivity contribution in [3.63, 3.8) is 0 Å².